The molecule has 150 valence electrons. The predicted octanol–water partition coefficient (Wildman–Crippen LogP) is 3.28. The lowest BCUT2D eigenvalue weighted by atomic mass is 10.1. The fraction of sp³-hybridized carbons (Fsp3) is 0.333. The fourth-order valence-corrected chi connectivity index (χ4v) is 2.72. The van der Waals surface area contributed by atoms with Crippen LogP contribution in [-0.4, -0.2) is 43.0 Å². The molecule has 2 rings (SSSR count). The van der Waals surface area contributed by atoms with Crippen LogP contribution >= 0.6 is 11.6 Å². The zero-order valence-electron chi connectivity index (χ0n) is 16.3. The van der Waals surface area contributed by atoms with Crippen LogP contribution in [0.25, 0.3) is 0 Å². The summed E-state index contributed by atoms with van der Waals surface area (Å²) in [5, 5.41) is 3.37. The van der Waals surface area contributed by atoms with Gasteiger partial charge in [-0.3, -0.25) is 9.59 Å². The first-order chi connectivity index (χ1) is 13.4. The topological polar surface area (TPSA) is 67.9 Å². The molecule has 0 saturated carbocycles. The van der Waals surface area contributed by atoms with Crippen molar-refractivity contribution in [1.29, 1.82) is 0 Å². The molecule has 1 N–H and O–H groups in total. The number of amides is 2. The quantitative estimate of drug-likeness (QED) is 0.696. The normalized spacial score (nSPS) is 11.4. The van der Waals surface area contributed by atoms with Crippen molar-refractivity contribution in [2.75, 3.05) is 20.3 Å². The van der Waals surface area contributed by atoms with Gasteiger partial charge in [0.1, 0.15) is 17.5 Å². The van der Waals surface area contributed by atoms with Crippen molar-refractivity contribution in [1.82, 2.24) is 10.2 Å². The number of nitrogens with zero attached hydrogens (tertiary/aromatic N) is 1. The summed E-state index contributed by atoms with van der Waals surface area (Å²) in [6.07, 6.45) is 0. The largest absolute Gasteiger partial charge is 0.497 e. The Hall–Kier alpha value is -2.73. The van der Waals surface area contributed by atoms with Crippen LogP contribution in [0.4, 0.5) is 0 Å². The molecule has 0 aromatic heterocycles. The molecule has 0 aliphatic heterocycles. The first-order valence-electron chi connectivity index (χ1n) is 9.03. The molecule has 6 nitrogen and oxygen atoms in total. The van der Waals surface area contributed by atoms with E-state index in [0.717, 1.165) is 5.56 Å². The third-order valence-corrected chi connectivity index (χ3v) is 4.46. The number of rotatable bonds is 9. The van der Waals surface area contributed by atoms with Crippen LogP contribution in [0.2, 0.25) is 5.02 Å². The zero-order valence-corrected chi connectivity index (χ0v) is 17.0. The summed E-state index contributed by atoms with van der Waals surface area (Å²) in [6.45, 7) is 4.13. The van der Waals surface area contributed by atoms with E-state index >= 15 is 0 Å². The second kappa shape index (κ2) is 10.6. The van der Waals surface area contributed by atoms with Gasteiger partial charge >= 0.3 is 0 Å². The van der Waals surface area contributed by atoms with E-state index in [2.05, 4.69) is 5.32 Å². The van der Waals surface area contributed by atoms with Crippen LogP contribution in [0, 0.1) is 0 Å². The van der Waals surface area contributed by atoms with Gasteiger partial charge in [-0.15, -0.1) is 0 Å². The van der Waals surface area contributed by atoms with Gasteiger partial charge < -0.3 is 19.7 Å². The fourth-order valence-electron chi connectivity index (χ4n) is 2.59. The van der Waals surface area contributed by atoms with Gasteiger partial charge in [-0.25, -0.2) is 0 Å². The van der Waals surface area contributed by atoms with Crippen LogP contribution < -0.4 is 14.8 Å². The third kappa shape index (κ3) is 6.16. The number of benzene rings is 2. The molecule has 0 bridgehead atoms. The van der Waals surface area contributed by atoms with E-state index in [1.165, 1.54) is 4.90 Å². The van der Waals surface area contributed by atoms with E-state index in [4.69, 9.17) is 21.1 Å². The Bertz CT molecular complexity index is 778. The van der Waals surface area contributed by atoms with E-state index in [1.54, 1.807) is 50.4 Å². The summed E-state index contributed by atoms with van der Waals surface area (Å²) in [5.74, 6) is 0.748. The molecule has 1 atom stereocenters. The predicted molar refractivity (Wildman–Crippen MR) is 109 cm³/mol. The Balaban J connectivity index is 2.10. The molecular formula is C21H25ClN2O4. The number of nitrogens with one attached hydrogen (secondary N) is 1. The van der Waals surface area contributed by atoms with Gasteiger partial charge in [-0.1, -0.05) is 23.7 Å². The van der Waals surface area contributed by atoms with E-state index < -0.39 is 6.04 Å². The maximum atomic E-state index is 12.8. The molecule has 0 radical (unpaired) electrons. The van der Waals surface area contributed by atoms with Crippen molar-refractivity contribution in [2.24, 2.45) is 0 Å². The molecular weight excluding hydrogens is 380 g/mol. The van der Waals surface area contributed by atoms with Gasteiger partial charge in [0.2, 0.25) is 5.91 Å². The number of likely N-dealkylation sites (N-methyl/N-ethyl adjacent to an activating group) is 1. The Kier molecular flexibility index (Phi) is 8.14. The van der Waals surface area contributed by atoms with E-state index in [-0.39, 0.29) is 25.0 Å². The molecule has 0 aliphatic carbocycles. The van der Waals surface area contributed by atoms with Crippen LogP contribution in [0.15, 0.2) is 48.5 Å². The smallest absolute Gasteiger partial charge is 0.261 e. The summed E-state index contributed by atoms with van der Waals surface area (Å²) in [7, 11) is 1.58. The second-order valence-corrected chi connectivity index (χ2v) is 6.62. The van der Waals surface area contributed by atoms with Gasteiger partial charge in [0, 0.05) is 18.1 Å². The number of carbonyl (C=O) groups is 2. The Morgan fingerprint density at radius 3 is 2.25 bits per heavy atom. The molecule has 28 heavy (non-hydrogen) atoms. The number of carbonyl (C=O) groups excluding carboxylic acids is 2. The van der Waals surface area contributed by atoms with Crippen LogP contribution in [-0.2, 0) is 16.1 Å². The summed E-state index contributed by atoms with van der Waals surface area (Å²) in [6, 6.07) is 13.5. The van der Waals surface area contributed by atoms with Crippen molar-refractivity contribution in [3.05, 3.63) is 59.1 Å². The third-order valence-electron chi connectivity index (χ3n) is 4.21. The molecule has 2 aromatic rings. The van der Waals surface area contributed by atoms with Crippen LogP contribution in [0.1, 0.15) is 19.4 Å². The lowest BCUT2D eigenvalue weighted by Gasteiger charge is -2.28. The summed E-state index contributed by atoms with van der Waals surface area (Å²) >= 11 is 5.93. The van der Waals surface area contributed by atoms with E-state index in [1.807, 2.05) is 19.1 Å². The van der Waals surface area contributed by atoms with Crippen molar-refractivity contribution in [2.45, 2.75) is 26.4 Å². The first kappa shape index (κ1) is 21.6. The highest BCUT2D eigenvalue weighted by molar-refractivity contribution is 6.30. The molecule has 0 spiro atoms. The van der Waals surface area contributed by atoms with Gasteiger partial charge in [0.05, 0.1) is 7.11 Å². The molecule has 7 heteroatoms. The monoisotopic (exact) mass is 404 g/mol. The zero-order chi connectivity index (χ0) is 20.5. The number of ether oxygens (including phenoxy) is 2. The molecule has 2 aromatic carbocycles. The lowest BCUT2D eigenvalue weighted by molar-refractivity contribution is -0.142. The molecule has 2 amide bonds. The second-order valence-electron chi connectivity index (χ2n) is 6.18. The van der Waals surface area contributed by atoms with E-state index in [9.17, 15) is 9.59 Å². The first-order valence-corrected chi connectivity index (χ1v) is 9.40. The van der Waals surface area contributed by atoms with Crippen molar-refractivity contribution < 1.29 is 19.1 Å². The minimum absolute atomic E-state index is 0.177. The molecule has 0 unspecified atom stereocenters. The molecule has 0 heterocycles. The average Bonchev–Trinajstić information content (AvgIpc) is 2.71. The van der Waals surface area contributed by atoms with Crippen molar-refractivity contribution in [3.63, 3.8) is 0 Å². The highest BCUT2D eigenvalue weighted by Gasteiger charge is 2.26. The Labute approximate surface area is 170 Å². The number of methoxy groups -OCH3 is 1. The number of hydrogen-bond acceptors (Lipinski definition) is 4. The van der Waals surface area contributed by atoms with Crippen LogP contribution in [0.3, 0.4) is 0 Å². The lowest BCUT2D eigenvalue weighted by Crippen LogP contribution is -2.49. The van der Waals surface area contributed by atoms with Gasteiger partial charge in [0.25, 0.3) is 5.91 Å². The highest BCUT2D eigenvalue weighted by atomic mass is 35.5. The highest BCUT2D eigenvalue weighted by Crippen LogP contribution is 2.18. The summed E-state index contributed by atoms with van der Waals surface area (Å²) < 4.78 is 10.7. The van der Waals surface area contributed by atoms with E-state index in [0.29, 0.717) is 23.1 Å². The summed E-state index contributed by atoms with van der Waals surface area (Å²) in [5.41, 5.74) is 0.873. The summed E-state index contributed by atoms with van der Waals surface area (Å²) in [4.78, 5) is 26.6. The molecule has 0 fully saturated rings. The minimum atomic E-state index is -0.636. The minimum Gasteiger partial charge on any atom is -0.497 e. The van der Waals surface area contributed by atoms with Crippen molar-refractivity contribution >= 4 is 23.4 Å². The maximum absolute atomic E-state index is 12.8. The SMILES string of the molecule is CCNC(=O)[C@H](C)N(Cc1ccc(Cl)cc1)C(=O)COc1ccc(OC)cc1. The molecule has 0 saturated heterocycles. The maximum Gasteiger partial charge on any atom is 0.261 e. The standard InChI is InChI=1S/C21H25ClN2O4/c1-4-23-21(26)15(2)24(13-16-5-7-17(22)8-6-16)20(25)14-28-19-11-9-18(27-3)10-12-19/h5-12,15H,4,13-14H2,1-3H3,(H,23,26)/t15-/m0/s1. The van der Waals surface area contributed by atoms with Crippen LogP contribution in [0.5, 0.6) is 11.5 Å². The van der Waals surface area contributed by atoms with Gasteiger partial charge in [-0.05, 0) is 55.8 Å². The molecule has 0 aliphatic rings. The van der Waals surface area contributed by atoms with Gasteiger partial charge in [-0.2, -0.15) is 0 Å². The Morgan fingerprint density at radius 1 is 1.07 bits per heavy atom. The average molecular weight is 405 g/mol. The Morgan fingerprint density at radius 2 is 1.68 bits per heavy atom. The van der Waals surface area contributed by atoms with Crippen molar-refractivity contribution in [3.8, 4) is 11.5 Å². The van der Waals surface area contributed by atoms with Gasteiger partial charge in [0.15, 0.2) is 6.61 Å². The number of halogens is 1. The number of hydrogen-bond donors (Lipinski definition) is 1.